The van der Waals surface area contributed by atoms with Gasteiger partial charge in [0.2, 0.25) is 0 Å². The van der Waals surface area contributed by atoms with Gasteiger partial charge in [-0.3, -0.25) is 0 Å². The van der Waals surface area contributed by atoms with Crippen molar-refractivity contribution in [3.05, 3.63) is 47.5 Å². The molecule has 1 aliphatic heterocycles. The van der Waals surface area contributed by atoms with Gasteiger partial charge in [0.05, 0.1) is 20.6 Å². The van der Waals surface area contributed by atoms with E-state index in [-0.39, 0.29) is 0 Å². The van der Waals surface area contributed by atoms with Gasteiger partial charge in [-0.05, 0) is 43.2 Å². The van der Waals surface area contributed by atoms with Crippen molar-refractivity contribution >= 4 is 22.6 Å². The van der Waals surface area contributed by atoms with E-state index in [2.05, 4.69) is 19.1 Å². The van der Waals surface area contributed by atoms with Crippen molar-refractivity contribution in [2.75, 3.05) is 0 Å². The maximum absolute atomic E-state index is 12.5. The highest BCUT2D eigenvalue weighted by Crippen LogP contribution is 2.43. The summed E-state index contributed by atoms with van der Waals surface area (Å²) in [7, 11) is -1.03. The topological polar surface area (TPSA) is 17.1 Å². The summed E-state index contributed by atoms with van der Waals surface area (Å²) < 4.78 is 12.5. The highest BCUT2D eigenvalue weighted by atomic mass is 32.2. The average Bonchev–Trinajstić information content (AvgIpc) is 2.28. The minimum Gasteiger partial charge on any atom is -0.249 e. The Labute approximate surface area is 108 Å². The summed E-state index contributed by atoms with van der Waals surface area (Å²) in [5.41, 5.74) is 2.32. The van der Waals surface area contributed by atoms with Crippen LogP contribution in [0.2, 0.25) is 0 Å². The lowest BCUT2D eigenvalue weighted by atomic mass is 10.2. The largest absolute Gasteiger partial charge is 0.249 e. The van der Waals surface area contributed by atoms with Gasteiger partial charge in [0.15, 0.2) is 0 Å². The minimum absolute atomic E-state index is 0.947. The molecule has 1 nitrogen and oxygen atoms in total. The Balaban J connectivity index is 2.25. The van der Waals surface area contributed by atoms with Crippen LogP contribution in [0.1, 0.15) is 11.1 Å². The van der Waals surface area contributed by atoms with E-state index in [1.54, 1.807) is 11.8 Å². The molecule has 0 saturated heterocycles. The summed E-state index contributed by atoms with van der Waals surface area (Å²) in [6.45, 7) is 4.09. The van der Waals surface area contributed by atoms with Crippen molar-refractivity contribution in [3.63, 3.8) is 0 Å². The average molecular weight is 260 g/mol. The predicted octanol–water partition coefficient (Wildman–Crippen LogP) is 3.93. The van der Waals surface area contributed by atoms with Crippen molar-refractivity contribution in [3.8, 4) is 0 Å². The van der Waals surface area contributed by atoms with Crippen LogP contribution in [-0.2, 0) is 10.8 Å². The Kier molecular flexibility index (Phi) is 2.60. The fourth-order valence-electron chi connectivity index (χ4n) is 2.02. The van der Waals surface area contributed by atoms with Gasteiger partial charge in [-0.2, -0.15) is 0 Å². The number of fused-ring (bicyclic) bond motifs is 2. The first-order chi connectivity index (χ1) is 8.16. The molecule has 0 amide bonds. The molecule has 0 radical (unpaired) electrons. The summed E-state index contributed by atoms with van der Waals surface area (Å²) >= 11 is 1.72. The normalized spacial score (nSPS) is 17.4. The lowest BCUT2D eigenvalue weighted by molar-refractivity contribution is 0.678. The molecule has 0 fully saturated rings. The Morgan fingerprint density at radius 1 is 1.06 bits per heavy atom. The molecular formula is C14H12OS2. The van der Waals surface area contributed by atoms with Crippen LogP contribution in [0.15, 0.2) is 56.0 Å². The Morgan fingerprint density at radius 3 is 2.71 bits per heavy atom. The second-order valence-corrected chi connectivity index (χ2v) is 6.69. The molecule has 86 valence electrons. The standard InChI is InChI=1S/C14H12OS2/c1-9-6-7-13-12(8-9)16-11-5-3-4-10(2)14(11)17(13)15/h3-8H,1-2H3. The lowest BCUT2D eigenvalue weighted by Crippen LogP contribution is -2.04. The molecule has 1 unspecified atom stereocenters. The summed E-state index contributed by atoms with van der Waals surface area (Å²) in [6, 6.07) is 12.2. The molecule has 3 rings (SSSR count). The van der Waals surface area contributed by atoms with Crippen LogP contribution >= 0.6 is 11.8 Å². The van der Waals surface area contributed by atoms with Gasteiger partial charge in [0.25, 0.3) is 0 Å². The zero-order valence-electron chi connectivity index (χ0n) is 9.69. The molecule has 0 N–H and O–H groups in total. The first-order valence-electron chi connectivity index (χ1n) is 5.47. The van der Waals surface area contributed by atoms with E-state index >= 15 is 0 Å². The van der Waals surface area contributed by atoms with Gasteiger partial charge in [-0.15, -0.1) is 0 Å². The monoisotopic (exact) mass is 260 g/mol. The Hall–Kier alpha value is -1.06. The fourth-order valence-corrected chi connectivity index (χ4v) is 5.04. The van der Waals surface area contributed by atoms with Gasteiger partial charge in [0, 0.05) is 9.79 Å². The van der Waals surface area contributed by atoms with E-state index in [1.807, 2.05) is 31.2 Å². The molecule has 0 aromatic heterocycles. The molecule has 2 aromatic carbocycles. The SMILES string of the molecule is Cc1ccc2c(c1)Sc1cccc(C)c1S2=O. The van der Waals surface area contributed by atoms with Crippen LogP contribution in [0.25, 0.3) is 0 Å². The number of benzene rings is 2. The van der Waals surface area contributed by atoms with E-state index in [9.17, 15) is 4.21 Å². The third kappa shape index (κ3) is 1.74. The second kappa shape index (κ2) is 4.00. The molecule has 0 aliphatic carbocycles. The van der Waals surface area contributed by atoms with E-state index in [4.69, 9.17) is 0 Å². The second-order valence-electron chi connectivity index (χ2n) is 4.22. The summed E-state index contributed by atoms with van der Waals surface area (Å²) in [5, 5.41) is 0. The smallest absolute Gasteiger partial charge is 0.0875 e. The number of rotatable bonds is 0. The third-order valence-corrected chi connectivity index (χ3v) is 5.92. The molecule has 3 heteroatoms. The minimum atomic E-state index is -1.03. The lowest BCUT2D eigenvalue weighted by Gasteiger charge is -2.20. The Morgan fingerprint density at radius 2 is 1.88 bits per heavy atom. The van der Waals surface area contributed by atoms with Gasteiger partial charge < -0.3 is 0 Å². The van der Waals surface area contributed by atoms with Gasteiger partial charge in [-0.25, -0.2) is 4.21 Å². The fraction of sp³-hybridized carbons (Fsp3) is 0.143. The van der Waals surface area contributed by atoms with Crippen molar-refractivity contribution in [2.45, 2.75) is 33.4 Å². The first-order valence-corrected chi connectivity index (χ1v) is 7.43. The molecule has 1 atom stereocenters. The zero-order valence-corrected chi connectivity index (χ0v) is 11.3. The molecular weight excluding hydrogens is 248 g/mol. The molecule has 2 aromatic rings. The molecule has 0 saturated carbocycles. The maximum Gasteiger partial charge on any atom is 0.0875 e. The Bertz CT molecular complexity index is 632. The number of hydrogen-bond donors (Lipinski definition) is 0. The quantitative estimate of drug-likeness (QED) is 0.609. The van der Waals surface area contributed by atoms with Gasteiger partial charge in [0.1, 0.15) is 0 Å². The van der Waals surface area contributed by atoms with Crippen molar-refractivity contribution in [1.29, 1.82) is 0 Å². The van der Waals surface area contributed by atoms with Crippen LogP contribution in [0.5, 0.6) is 0 Å². The van der Waals surface area contributed by atoms with Crippen molar-refractivity contribution in [1.82, 2.24) is 0 Å². The van der Waals surface area contributed by atoms with E-state index < -0.39 is 10.8 Å². The summed E-state index contributed by atoms with van der Waals surface area (Å²) in [6.07, 6.45) is 0. The first kappa shape index (κ1) is 11.1. The van der Waals surface area contributed by atoms with E-state index in [0.29, 0.717) is 0 Å². The molecule has 0 spiro atoms. The third-order valence-electron chi connectivity index (χ3n) is 2.88. The van der Waals surface area contributed by atoms with E-state index in [1.165, 1.54) is 5.56 Å². The van der Waals surface area contributed by atoms with Gasteiger partial charge >= 0.3 is 0 Å². The van der Waals surface area contributed by atoms with Gasteiger partial charge in [-0.1, -0.05) is 30.0 Å². The molecule has 1 heterocycles. The highest BCUT2D eigenvalue weighted by Gasteiger charge is 2.24. The van der Waals surface area contributed by atoms with Crippen LogP contribution < -0.4 is 0 Å². The van der Waals surface area contributed by atoms with Crippen LogP contribution in [-0.4, -0.2) is 4.21 Å². The number of hydrogen-bond acceptors (Lipinski definition) is 2. The van der Waals surface area contributed by atoms with Crippen molar-refractivity contribution < 1.29 is 4.21 Å². The molecule has 1 aliphatic rings. The van der Waals surface area contributed by atoms with E-state index in [0.717, 1.165) is 25.1 Å². The zero-order chi connectivity index (χ0) is 12.0. The predicted molar refractivity (Wildman–Crippen MR) is 71.2 cm³/mol. The van der Waals surface area contributed by atoms with Crippen molar-refractivity contribution in [2.24, 2.45) is 0 Å². The summed E-state index contributed by atoms with van der Waals surface area (Å²) in [4.78, 5) is 4.18. The van der Waals surface area contributed by atoms with Crippen LogP contribution in [0, 0.1) is 13.8 Å². The molecule has 0 bridgehead atoms. The van der Waals surface area contributed by atoms with Crippen LogP contribution in [0.4, 0.5) is 0 Å². The highest BCUT2D eigenvalue weighted by molar-refractivity contribution is 8.01. The number of aryl methyl sites for hydroxylation is 2. The maximum atomic E-state index is 12.5. The summed E-state index contributed by atoms with van der Waals surface area (Å²) in [5.74, 6) is 0. The van der Waals surface area contributed by atoms with Crippen LogP contribution in [0.3, 0.4) is 0 Å². The molecule has 17 heavy (non-hydrogen) atoms.